The van der Waals surface area contributed by atoms with Crippen molar-refractivity contribution in [3.8, 4) is 17.1 Å². The van der Waals surface area contributed by atoms with Gasteiger partial charge in [0.15, 0.2) is 0 Å². The minimum Gasteiger partial charge on any atom is -0.494 e. The van der Waals surface area contributed by atoms with Gasteiger partial charge in [-0.3, -0.25) is 4.90 Å². The van der Waals surface area contributed by atoms with Crippen molar-refractivity contribution in [3.63, 3.8) is 0 Å². The van der Waals surface area contributed by atoms with Gasteiger partial charge >= 0.3 is 6.03 Å². The van der Waals surface area contributed by atoms with Crippen LogP contribution in [0.4, 0.5) is 14.9 Å². The van der Waals surface area contributed by atoms with E-state index in [1.807, 2.05) is 69.3 Å². The maximum Gasteiger partial charge on any atom is 0.326 e. The van der Waals surface area contributed by atoms with Crippen LogP contribution in [0.3, 0.4) is 0 Å². The topological polar surface area (TPSA) is 80.5 Å². The average Bonchev–Trinajstić information content (AvgIpc) is 3.35. The number of hydrogen-bond donors (Lipinski definition) is 1. The number of allylic oxidation sites excluding steroid dienone is 1. The molecule has 0 aliphatic carbocycles. The lowest BCUT2D eigenvalue weighted by Gasteiger charge is -2.35. The third kappa shape index (κ3) is 4.45. The molecule has 8 heteroatoms. The number of amides is 2. The summed E-state index contributed by atoms with van der Waals surface area (Å²) in [6.07, 6.45) is 0. The van der Waals surface area contributed by atoms with Crippen LogP contribution in [0.5, 0.6) is 5.75 Å². The summed E-state index contributed by atoms with van der Waals surface area (Å²) in [5.41, 5.74) is 4.54. The number of rotatable bonds is 6. The highest BCUT2D eigenvalue weighted by molar-refractivity contribution is 6.01. The average molecular weight is 485 g/mol. The number of hydrogen-bond acceptors (Lipinski definition) is 5. The van der Waals surface area contributed by atoms with Gasteiger partial charge in [-0.05, 0) is 62.7 Å². The Hall–Kier alpha value is -4.46. The lowest BCUT2D eigenvalue weighted by molar-refractivity contribution is 0.244. The van der Waals surface area contributed by atoms with E-state index in [2.05, 4.69) is 15.5 Å². The van der Waals surface area contributed by atoms with Crippen molar-refractivity contribution in [1.82, 2.24) is 15.5 Å². The first-order valence-electron chi connectivity index (χ1n) is 11.7. The smallest absolute Gasteiger partial charge is 0.326 e. The van der Waals surface area contributed by atoms with Crippen molar-refractivity contribution in [2.75, 3.05) is 11.5 Å². The second-order valence-corrected chi connectivity index (χ2v) is 8.48. The molecule has 1 aromatic heterocycles. The third-order valence-electron chi connectivity index (χ3n) is 6.06. The van der Waals surface area contributed by atoms with Gasteiger partial charge < -0.3 is 14.6 Å². The Bertz CT molecular complexity index is 1410. The first-order chi connectivity index (χ1) is 17.4. The fraction of sp³-hybridized carbons (Fsp3) is 0.179. The van der Waals surface area contributed by atoms with Crippen LogP contribution in [0.2, 0.25) is 0 Å². The maximum atomic E-state index is 13.7. The number of carbonyl (C=O) groups is 1. The SMILES string of the molecule is CCOc1ccc(N2C(=O)NC(c3ccc(F)cc3)C(c3nc(-c4ccc(C)cc4)no3)=C2C)cc1. The maximum absolute atomic E-state index is 13.7. The number of carbonyl (C=O) groups excluding carboxylic acids is 1. The minimum atomic E-state index is -0.608. The number of ether oxygens (including phenoxy) is 1. The zero-order valence-corrected chi connectivity index (χ0v) is 20.2. The number of urea groups is 1. The molecule has 4 aromatic rings. The third-order valence-corrected chi connectivity index (χ3v) is 6.06. The molecule has 0 fully saturated rings. The summed E-state index contributed by atoms with van der Waals surface area (Å²) in [4.78, 5) is 19.5. The van der Waals surface area contributed by atoms with E-state index in [4.69, 9.17) is 9.26 Å². The van der Waals surface area contributed by atoms with E-state index in [1.165, 1.54) is 12.1 Å². The fourth-order valence-electron chi connectivity index (χ4n) is 4.25. The number of aryl methyl sites for hydroxylation is 1. The van der Waals surface area contributed by atoms with Crippen molar-refractivity contribution in [1.29, 1.82) is 0 Å². The van der Waals surface area contributed by atoms with Crippen LogP contribution in [0, 0.1) is 12.7 Å². The Kier molecular flexibility index (Phi) is 6.25. The zero-order chi connectivity index (χ0) is 25.2. The Morgan fingerprint density at radius 1 is 1.00 bits per heavy atom. The van der Waals surface area contributed by atoms with Crippen LogP contribution in [0.25, 0.3) is 17.0 Å². The predicted octanol–water partition coefficient (Wildman–Crippen LogP) is 6.28. The number of aromatic nitrogens is 2. The van der Waals surface area contributed by atoms with Crippen LogP contribution < -0.4 is 15.0 Å². The largest absolute Gasteiger partial charge is 0.494 e. The molecule has 0 radical (unpaired) electrons. The van der Waals surface area contributed by atoms with Gasteiger partial charge in [0.1, 0.15) is 11.6 Å². The van der Waals surface area contributed by atoms with Crippen molar-refractivity contribution >= 4 is 17.3 Å². The van der Waals surface area contributed by atoms with E-state index in [-0.39, 0.29) is 17.7 Å². The summed E-state index contributed by atoms with van der Waals surface area (Å²) in [5.74, 6) is 1.06. The summed E-state index contributed by atoms with van der Waals surface area (Å²) in [7, 11) is 0. The summed E-state index contributed by atoms with van der Waals surface area (Å²) in [6.45, 7) is 6.30. The van der Waals surface area contributed by atoms with E-state index < -0.39 is 6.04 Å². The van der Waals surface area contributed by atoms with E-state index in [9.17, 15) is 9.18 Å². The van der Waals surface area contributed by atoms with Crippen LogP contribution in [0.1, 0.15) is 36.9 Å². The number of nitrogens with zero attached hydrogens (tertiary/aromatic N) is 3. The second-order valence-electron chi connectivity index (χ2n) is 8.48. The first-order valence-corrected chi connectivity index (χ1v) is 11.7. The molecule has 36 heavy (non-hydrogen) atoms. The molecular weight excluding hydrogens is 459 g/mol. The molecule has 0 saturated heterocycles. The van der Waals surface area contributed by atoms with Gasteiger partial charge in [0.2, 0.25) is 5.82 Å². The van der Waals surface area contributed by atoms with Crippen LogP contribution in [-0.4, -0.2) is 22.8 Å². The summed E-state index contributed by atoms with van der Waals surface area (Å²) < 4.78 is 24.9. The van der Waals surface area contributed by atoms with Gasteiger partial charge in [-0.15, -0.1) is 0 Å². The fourth-order valence-corrected chi connectivity index (χ4v) is 4.25. The molecule has 0 spiro atoms. The first kappa shape index (κ1) is 23.3. The number of benzene rings is 3. The van der Waals surface area contributed by atoms with Crippen LogP contribution in [-0.2, 0) is 0 Å². The highest BCUT2D eigenvalue weighted by Gasteiger charge is 2.36. The molecular formula is C28H25FN4O3. The molecule has 1 atom stereocenters. The van der Waals surface area contributed by atoms with Gasteiger partial charge in [0.25, 0.3) is 5.89 Å². The molecule has 0 saturated carbocycles. The number of nitrogens with one attached hydrogen (secondary N) is 1. The van der Waals surface area contributed by atoms with Crippen LogP contribution in [0.15, 0.2) is 83.0 Å². The van der Waals surface area contributed by atoms with E-state index in [1.54, 1.807) is 17.0 Å². The molecule has 0 bridgehead atoms. The minimum absolute atomic E-state index is 0.272. The van der Waals surface area contributed by atoms with E-state index in [0.717, 1.165) is 11.1 Å². The molecule has 3 aromatic carbocycles. The lowest BCUT2D eigenvalue weighted by atomic mass is 9.94. The summed E-state index contributed by atoms with van der Waals surface area (Å²) in [5, 5.41) is 7.21. The van der Waals surface area contributed by atoms with Gasteiger partial charge in [-0.1, -0.05) is 47.1 Å². The van der Waals surface area contributed by atoms with Crippen molar-refractivity contribution in [2.45, 2.75) is 26.8 Å². The van der Waals surface area contributed by atoms with E-state index in [0.29, 0.717) is 40.7 Å². The Morgan fingerprint density at radius 2 is 1.69 bits per heavy atom. The number of halogens is 1. The molecule has 7 nitrogen and oxygen atoms in total. The van der Waals surface area contributed by atoms with Gasteiger partial charge in [0.05, 0.1) is 23.9 Å². The molecule has 5 rings (SSSR count). The standard InChI is InChI=1S/C28H25FN4O3/c1-4-35-23-15-13-22(14-16-23)33-18(3)24(25(30-28(33)34)19-9-11-21(29)12-10-19)27-31-26(32-36-27)20-7-5-17(2)6-8-20/h5-16,25H,4H2,1-3H3,(H,30,34). The van der Waals surface area contributed by atoms with E-state index >= 15 is 0 Å². The molecule has 1 aliphatic heterocycles. The van der Waals surface area contributed by atoms with Gasteiger partial charge in [0, 0.05) is 11.3 Å². The van der Waals surface area contributed by atoms with Crippen molar-refractivity contribution < 1.29 is 18.4 Å². The van der Waals surface area contributed by atoms with Gasteiger partial charge in [-0.25, -0.2) is 9.18 Å². The lowest BCUT2D eigenvalue weighted by Crippen LogP contribution is -2.46. The molecule has 2 heterocycles. The summed E-state index contributed by atoms with van der Waals surface area (Å²) in [6, 6.07) is 20.1. The normalized spacial score (nSPS) is 15.7. The van der Waals surface area contributed by atoms with Crippen molar-refractivity contribution in [3.05, 3.63) is 101 Å². The molecule has 1 aliphatic rings. The predicted molar refractivity (Wildman–Crippen MR) is 135 cm³/mol. The highest BCUT2D eigenvalue weighted by atomic mass is 19.1. The second kappa shape index (κ2) is 9.65. The Balaban J connectivity index is 1.61. The molecule has 182 valence electrons. The van der Waals surface area contributed by atoms with Crippen LogP contribution >= 0.6 is 0 Å². The molecule has 1 N–H and O–H groups in total. The Labute approximate surface area is 208 Å². The monoisotopic (exact) mass is 484 g/mol. The van der Waals surface area contributed by atoms with Crippen molar-refractivity contribution in [2.24, 2.45) is 0 Å². The molecule has 1 unspecified atom stereocenters. The highest BCUT2D eigenvalue weighted by Crippen LogP contribution is 2.39. The molecule has 2 amide bonds. The number of anilines is 1. The summed E-state index contributed by atoms with van der Waals surface area (Å²) >= 11 is 0. The zero-order valence-electron chi connectivity index (χ0n) is 20.2. The quantitative estimate of drug-likeness (QED) is 0.348. The van der Waals surface area contributed by atoms with Gasteiger partial charge in [-0.2, -0.15) is 4.98 Å². The Morgan fingerprint density at radius 3 is 2.36 bits per heavy atom.